The van der Waals surface area contributed by atoms with Crippen molar-refractivity contribution in [1.29, 1.82) is 0 Å². The highest BCUT2D eigenvalue weighted by atomic mass is 19.1. The Hall–Kier alpha value is -1.12. The topological polar surface area (TPSA) is 9.23 Å². The van der Waals surface area contributed by atoms with Gasteiger partial charge in [0.2, 0.25) is 0 Å². The molecule has 0 saturated carbocycles. The third-order valence-electron chi connectivity index (χ3n) is 1.19. The van der Waals surface area contributed by atoms with E-state index < -0.39 is 11.6 Å². The predicted molar refractivity (Wildman–Crippen MR) is 48.9 cm³/mol. The number of hydrogen-bond acceptors (Lipinski definition) is 1. The number of benzene rings is 1. The molecule has 0 aliphatic heterocycles. The van der Waals surface area contributed by atoms with Crippen LogP contribution in [0.5, 0.6) is 5.75 Å². The molecule has 0 heterocycles. The van der Waals surface area contributed by atoms with E-state index in [9.17, 15) is 8.78 Å². The smallest absolute Gasteiger partial charge is 0.167 e. The van der Waals surface area contributed by atoms with E-state index in [1.807, 2.05) is 13.8 Å². The molecule has 0 amide bonds. The molecule has 13 heavy (non-hydrogen) atoms. The van der Waals surface area contributed by atoms with E-state index in [0.717, 1.165) is 12.1 Å². The van der Waals surface area contributed by atoms with Gasteiger partial charge in [-0.3, -0.25) is 0 Å². The lowest BCUT2D eigenvalue weighted by Crippen LogP contribution is -1.94. The fourth-order valence-electron chi connectivity index (χ4n) is 0.748. The third-order valence-corrected chi connectivity index (χ3v) is 1.19. The molecule has 0 bridgehead atoms. The number of rotatable bonds is 2. The maximum absolute atomic E-state index is 12.7. The second kappa shape index (κ2) is 6.40. The first-order valence-corrected chi connectivity index (χ1v) is 4.32. The average molecular weight is 188 g/mol. The van der Waals surface area contributed by atoms with Gasteiger partial charge in [0.25, 0.3) is 0 Å². The summed E-state index contributed by atoms with van der Waals surface area (Å²) in [4.78, 5) is 0. The zero-order valence-electron chi connectivity index (χ0n) is 8.10. The quantitative estimate of drug-likeness (QED) is 0.691. The highest BCUT2D eigenvalue weighted by molar-refractivity contribution is 5.24. The summed E-state index contributed by atoms with van der Waals surface area (Å²) in [5, 5.41) is 0. The van der Waals surface area contributed by atoms with Crippen LogP contribution in [-0.2, 0) is 0 Å². The molecular weight excluding hydrogens is 174 g/mol. The first-order chi connectivity index (χ1) is 6.24. The number of hydrogen-bond donors (Lipinski definition) is 0. The normalized spacial score (nSPS) is 8.69. The molecular formula is C10H14F2O. The van der Waals surface area contributed by atoms with Gasteiger partial charge in [0.1, 0.15) is 5.82 Å². The van der Waals surface area contributed by atoms with Crippen molar-refractivity contribution >= 4 is 0 Å². The van der Waals surface area contributed by atoms with Crippen LogP contribution in [0.2, 0.25) is 0 Å². The van der Waals surface area contributed by atoms with Crippen LogP contribution >= 0.6 is 0 Å². The minimum atomic E-state index is -0.660. The minimum Gasteiger partial charge on any atom is -0.491 e. The summed E-state index contributed by atoms with van der Waals surface area (Å²) in [5.41, 5.74) is 0. The molecule has 0 atom stereocenters. The average Bonchev–Trinajstić information content (AvgIpc) is 2.14. The van der Waals surface area contributed by atoms with Gasteiger partial charge in [-0.25, -0.2) is 8.78 Å². The maximum Gasteiger partial charge on any atom is 0.167 e. The molecule has 0 fully saturated rings. The van der Waals surface area contributed by atoms with E-state index in [1.165, 1.54) is 6.07 Å². The monoisotopic (exact) mass is 188 g/mol. The fourth-order valence-corrected chi connectivity index (χ4v) is 0.748. The lowest BCUT2D eigenvalue weighted by molar-refractivity contribution is 0.320. The molecule has 1 rings (SSSR count). The lowest BCUT2D eigenvalue weighted by atomic mass is 10.3. The maximum atomic E-state index is 12.7. The molecule has 1 aromatic carbocycles. The molecule has 0 aliphatic carbocycles. The van der Waals surface area contributed by atoms with E-state index in [2.05, 4.69) is 0 Å². The first kappa shape index (κ1) is 11.9. The van der Waals surface area contributed by atoms with Gasteiger partial charge < -0.3 is 4.74 Å². The standard InChI is InChI=1S/C8H8F2O.C2H6/c1-2-11-8-4-3-6(9)5-7(8)10;1-2/h3-5H,2H2,1H3;1-2H3. The zero-order chi connectivity index (χ0) is 10.3. The Morgan fingerprint density at radius 2 is 1.85 bits per heavy atom. The number of ether oxygens (including phenoxy) is 1. The van der Waals surface area contributed by atoms with Gasteiger partial charge in [-0.05, 0) is 19.1 Å². The van der Waals surface area contributed by atoms with Gasteiger partial charge >= 0.3 is 0 Å². The van der Waals surface area contributed by atoms with E-state index in [0.29, 0.717) is 6.61 Å². The predicted octanol–water partition coefficient (Wildman–Crippen LogP) is 3.39. The second-order valence-electron chi connectivity index (χ2n) is 2.01. The molecule has 0 aromatic heterocycles. The van der Waals surface area contributed by atoms with E-state index in [1.54, 1.807) is 6.92 Å². The van der Waals surface area contributed by atoms with Crippen molar-refractivity contribution in [3.63, 3.8) is 0 Å². The number of halogens is 2. The minimum absolute atomic E-state index is 0.0916. The fraction of sp³-hybridized carbons (Fsp3) is 0.400. The Labute approximate surface area is 77.3 Å². The van der Waals surface area contributed by atoms with Crippen molar-refractivity contribution in [2.45, 2.75) is 20.8 Å². The lowest BCUT2D eigenvalue weighted by Gasteiger charge is -2.02. The summed E-state index contributed by atoms with van der Waals surface area (Å²) >= 11 is 0. The molecule has 1 nitrogen and oxygen atoms in total. The second-order valence-corrected chi connectivity index (χ2v) is 2.01. The summed E-state index contributed by atoms with van der Waals surface area (Å²) in [6.07, 6.45) is 0. The van der Waals surface area contributed by atoms with Gasteiger partial charge in [-0.15, -0.1) is 0 Å². The highest BCUT2D eigenvalue weighted by Gasteiger charge is 2.02. The highest BCUT2D eigenvalue weighted by Crippen LogP contribution is 2.16. The van der Waals surface area contributed by atoms with Crippen LogP contribution in [0.4, 0.5) is 8.78 Å². The summed E-state index contributed by atoms with van der Waals surface area (Å²) in [7, 11) is 0. The molecule has 1 aromatic rings. The van der Waals surface area contributed by atoms with Crippen molar-refractivity contribution in [3.8, 4) is 5.75 Å². The van der Waals surface area contributed by atoms with Gasteiger partial charge in [0, 0.05) is 6.07 Å². The Kier molecular flexibility index (Phi) is 5.85. The Morgan fingerprint density at radius 3 is 2.31 bits per heavy atom. The third kappa shape index (κ3) is 3.87. The molecule has 0 saturated heterocycles. The van der Waals surface area contributed by atoms with Crippen molar-refractivity contribution < 1.29 is 13.5 Å². The van der Waals surface area contributed by atoms with Gasteiger partial charge in [-0.1, -0.05) is 13.8 Å². The molecule has 0 aliphatic rings. The van der Waals surface area contributed by atoms with E-state index >= 15 is 0 Å². The summed E-state index contributed by atoms with van der Waals surface area (Å²) in [6, 6.07) is 3.23. The van der Waals surface area contributed by atoms with E-state index in [-0.39, 0.29) is 5.75 Å². The van der Waals surface area contributed by atoms with Gasteiger partial charge in [0.15, 0.2) is 11.6 Å². The van der Waals surface area contributed by atoms with Crippen LogP contribution in [0.1, 0.15) is 20.8 Å². The first-order valence-electron chi connectivity index (χ1n) is 4.32. The summed E-state index contributed by atoms with van der Waals surface area (Å²) < 4.78 is 29.8. The SMILES string of the molecule is CC.CCOc1ccc(F)cc1F. The van der Waals surface area contributed by atoms with Crippen LogP contribution in [0, 0.1) is 11.6 Å². The van der Waals surface area contributed by atoms with Crippen LogP contribution in [0.3, 0.4) is 0 Å². The molecule has 0 spiro atoms. The Balaban J connectivity index is 0.000000671. The summed E-state index contributed by atoms with van der Waals surface area (Å²) in [6.45, 7) is 6.12. The molecule has 0 N–H and O–H groups in total. The van der Waals surface area contributed by atoms with Crippen LogP contribution in [-0.4, -0.2) is 6.61 Å². The van der Waals surface area contributed by atoms with Crippen molar-refractivity contribution in [2.75, 3.05) is 6.61 Å². The van der Waals surface area contributed by atoms with Crippen molar-refractivity contribution in [1.82, 2.24) is 0 Å². The molecule has 0 unspecified atom stereocenters. The molecule has 0 radical (unpaired) electrons. The zero-order valence-corrected chi connectivity index (χ0v) is 8.10. The molecule has 3 heteroatoms. The van der Waals surface area contributed by atoms with E-state index in [4.69, 9.17) is 4.74 Å². The van der Waals surface area contributed by atoms with Crippen molar-refractivity contribution in [3.05, 3.63) is 29.8 Å². The van der Waals surface area contributed by atoms with Crippen LogP contribution in [0.25, 0.3) is 0 Å². The largest absolute Gasteiger partial charge is 0.491 e. The Bertz CT molecular complexity index is 249. The van der Waals surface area contributed by atoms with Crippen LogP contribution < -0.4 is 4.74 Å². The summed E-state index contributed by atoms with van der Waals surface area (Å²) in [5.74, 6) is -1.16. The Morgan fingerprint density at radius 1 is 1.23 bits per heavy atom. The van der Waals surface area contributed by atoms with Gasteiger partial charge in [-0.2, -0.15) is 0 Å². The van der Waals surface area contributed by atoms with Gasteiger partial charge in [0.05, 0.1) is 6.61 Å². The van der Waals surface area contributed by atoms with Crippen LogP contribution in [0.15, 0.2) is 18.2 Å². The van der Waals surface area contributed by atoms with Crippen molar-refractivity contribution in [2.24, 2.45) is 0 Å². The molecule has 74 valence electrons.